The van der Waals surface area contributed by atoms with E-state index in [0.717, 1.165) is 12.8 Å². The van der Waals surface area contributed by atoms with Gasteiger partial charge in [-0.3, -0.25) is 0 Å². The van der Waals surface area contributed by atoms with Crippen molar-refractivity contribution in [3.05, 3.63) is 0 Å². The maximum absolute atomic E-state index is 8.51. The van der Waals surface area contributed by atoms with Crippen molar-refractivity contribution < 1.29 is 0 Å². The zero-order chi connectivity index (χ0) is 6.04. The summed E-state index contributed by atoms with van der Waals surface area (Å²) >= 11 is 0. The van der Waals surface area contributed by atoms with Crippen molar-refractivity contribution in [3.63, 3.8) is 0 Å². The first-order valence-corrected chi connectivity index (χ1v) is 2.94. The molecule has 1 fully saturated rings. The molecule has 0 radical (unpaired) electrons. The van der Waals surface area contributed by atoms with Crippen LogP contribution in [-0.4, -0.2) is 6.54 Å². The lowest BCUT2D eigenvalue weighted by Crippen LogP contribution is -2.35. The Morgan fingerprint density at radius 1 is 1.56 bits per heavy atom. The average Bonchev–Trinajstić information content (AvgIpc) is 1.67. The van der Waals surface area contributed by atoms with E-state index in [1.54, 1.807) is 0 Å². The minimum Gasteiger partial charge on any atom is -0.329 e. The molecule has 9 heavy (non-hydrogen) atoms. The van der Waals surface area contributed by atoms with Crippen LogP contribution in [0, 0.1) is 16.7 Å². The third-order valence-electron chi connectivity index (χ3n) is 1.94. The molecule has 1 saturated carbocycles. The van der Waals surface area contributed by atoms with Gasteiger partial charge in [0.25, 0.3) is 0 Å². The van der Waals surface area contributed by atoms with Gasteiger partial charge in [-0.1, -0.05) is 6.42 Å². The Labute approximate surface area is 61.4 Å². The van der Waals surface area contributed by atoms with Crippen LogP contribution in [0.3, 0.4) is 0 Å². The molecule has 1 rings (SSSR count). The van der Waals surface area contributed by atoms with Gasteiger partial charge in [0.2, 0.25) is 0 Å². The molecule has 0 aromatic heterocycles. The Kier molecular flexibility index (Phi) is 2.96. The van der Waals surface area contributed by atoms with Gasteiger partial charge in [-0.15, -0.1) is 12.4 Å². The van der Waals surface area contributed by atoms with E-state index in [1.165, 1.54) is 6.42 Å². The zero-order valence-electron chi connectivity index (χ0n) is 5.26. The summed E-state index contributed by atoms with van der Waals surface area (Å²) in [4.78, 5) is 0. The predicted octanol–water partition coefficient (Wildman–Crippen LogP) is 1.06. The molecule has 0 aliphatic heterocycles. The minimum atomic E-state index is -0.111. The van der Waals surface area contributed by atoms with Crippen LogP contribution in [0.25, 0.3) is 0 Å². The molecule has 0 heterocycles. The molecule has 0 aromatic rings. The third kappa shape index (κ3) is 1.35. The summed E-state index contributed by atoms with van der Waals surface area (Å²) in [5.41, 5.74) is 5.25. The Balaban J connectivity index is 0.000000640. The summed E-state index contributed by atoms with van der Waals surface area (Å²) < 4.78 is 0. The quantitative estimate of drug-likeness (QED) is 0.602. The first kappa shape index (κ1) is 8.74. The van der Waals surface area contributed by atoms with E-state index in [1.807, 2.05) is 0 Å². The van der Waals surface area contributed by atoms with Crippen LogP contribution >= 0.6 is 12.4 Å². The Bertz CT molecular complexity index is 118. The molecular weight excluding hydrogens is 136 g/mol. The van der Waals surface area contributed by atoms with Crippen molar-refractivity contribution in [1.82, 2.24) is 0 Å². The number of nitriles is 1. The SMILES string of the molecule is Cl.N#CC1(CN)CCC1. The summed E-state index contributed by atoms with van der Waals surface area (Å²) in [5.74, 6) is 0. The molecule has 1 aliphatic rings. The largest absolute Gasteiger partial charge is 0.329 e. The fourth-order valence-corrected chi connectivity index (χ4v) is 0.965. The monoisotopic (exact) mass is 146 g/mol. The van der Waals surface area contributed by atoms with E-state index in [9.17, 15) is 0 Å². The summed E-state index contributed by atoms with van der Waals surface area (Å²) in [5, 5.41) is 8.51. The van der Waals surface area contributed by atoms with Gasteiger partial charge in [0, 0.05) is 6.54 Å². The fraction of sp³-hybridized carbons (Fsp3) is 0.833. The molecule has 0 saturated heterocycles. The van der Waals surface area contributed by atoms with E-state index in [-0.39, 0.29) is 17.8 Å². The molecule has 1 aliphatic carbocycles. The van der Waals surface area contributed by atoms with Crippen molar-refractivity contribution in [1.29, 1.82) is 5.26 Å². The normalized spacial score (nSPS) is 20.9. The van der Waals surface area contributed by atoms with Crippen molar-refractivity contribution in [2.24, 2.45) is 11.1 Å². The van der Waals surface area contributed by atoms with Gasteiger partial charge in [-0.05, 0) is 12.8 Å². The predicted molar refractivity (Wildman–Crippen MR) is 38.2 cm³/mol. The van der Waals surface area contributed by atoms with Crippen LogP contribution in [0.1, 0.15) is 19.3 Å². The average molecular weight is 147 g/mol. The molecule has 0 amide bonds. The Morgan fingerprint density at radius 3 is 2.11 bits per heavy atom. The van der Waals surface area contributed by atoms with Crippen molar-refractivity contribution in [2.75, 3.05) is 6.54 Å². The second-order valence-corrected chi connectivity index (χ2v) is 2.45. The van der Waals surface area contributed by atoms with Crippen LogP contribution in [0.2, 0.25) is 0 Å². The number of nitrogens with two attached hydrogens (primary N) is 1. The second-order valence-electron chi connectivity index (χ2n) is 2.45. The molecule has 2 nitrogen and oxygen atoms in total. The van der Waals surface area contributed by atoms with E-state index in [2.05, 4.69) is 6.07 Å². The van der Waals surface area contributed by atoms with Gasteiger partial charge in [0.05, 0.1) is 11.5 Å². The highest BCUT2D eigenvalue weighted by Crippen LogP contribution is 2.38. The number of nitrogens with zero attached hydrogens (tertiary/aromatic N) is 1. The van der Waals surface area contributed by atoms with Gasteiger partial charge >= 0.3 is 0 Å². The molecule has 2 N–H and O–H groups in total. The first-order chi connectivity index (χ1) is 3.83. The summed E-state index contributed by atoms with van der Waals surface area (Å²) in [6.07, 6.45) is 3.21. The van der Waals surface area contributed by atoms with E-state index in [0.29, 0.717) is 6.54 Å². The van der Waals surface area contributed by atoms with Gasteiger partial charge in [0.15, 0.2) is 0 Å². The topological polar surface area (TPSA) is 49.8 Å². The van der Waals surface area contributed by atoms with Crippen LogP contribution in [0.15, 0.2) is 0 Å². The number of hydrogen-bond acceptors (Lipinski definition) is 2. The van der Waals surface area contributed by atoms with Gasteiger partial charge in [0.1, 0.15) is 0 Å². The number of rotatable bonds is 1. The Morgan fingerprint density at radius 2 is 2.11 bits per heavy atom. The molecule has 0 bridgehead atoms. The maximum Gasteiger partial charge on any atom is 0.0703 e. The first-order valence-electron chi connectivity index (χ1n) is 2.94. The molecule has 0 unspecified atom stereocenters. The summed E-state index contributed by atoms with van der Waals surface area (Å²) in [6.45, 7) is 0.545. The van der Waals surface area contributed by atoms with Crippen LogP contribution in [0.4, 0.5) is 0 Å². The highest BCUT2D eigenvalue weighted by molar-refractivity contribution is 5.85. The molecule has 0 atom stereocenters. The van der Waals surface area contributed by atoms with E-state index in [4.69, 9.17) is 11.0 Å². The second kappa shape index (κ2) is 3.05. The number of halogens is 1. The lowest BCUT2D eigenvalue weighted by molar-refractivity contribution is 0.226. The highest BCUT2D eigenvalue weighted by atomic mass is 35.5. The van der Waals surface area contributed by atoms with Crippen LogP contribution in [-0.2, 0) is 0 Å². The van der Waals surface area contributed by atoms with Gasteiger partial charge in [-0.25, -0.2) is 0 Å². The lowest BCUT2D eigenvalue weighted by atomic mass is 9.70. The minimum absolute atomic E-state index is 0. The van der Waals surface area contributed by atoms with Crippen molar-refractivity contribution in [3.8, 4) is 6.07 Å². The highest BCUT2D eigenvalue weighted by Gasteiger charge is 2.35. The van der Waals surface area contributed by atoms with E-state index < -0.39 is 0 Å². The molecule has 0 aromatic carbocycles. The van der Waals surface area contributed by atoms with Crippen molar-refractivity contribution in [2.45, 2.75) is 19.3 Å². The number of hydrogen-bond donors (Lipinski definition) is 1. The maximum atomic E-state index is 8.51. The van der Waals surface area contributed by atoms with Crippen LogP contribution < -0.4 is 5.73 Å². The van der Waals surface area contributed by atoms with Crippen molar-refractivity contribution >= 4 is 12.4 Å². The lowest BCUT2D eigenvalue weighted by Gasteiger charge is -2.33. The van der Waals surface area contributed by atoms with Gasteiger partial charge < -0.3 is 5.73 Å². The molecular formula is C6H11ClN2. The zero-order valence-corrected chi connectivity index (χ0v) is 6.08. The fourth-order valence-electron chi connectivity index (χ4n) is 0.965. The third-order valence-corrected chi connectivity index (χ3v) is 1.94. The smallest absolute Gasteiger partial charge is 0.0703 e. The Hall–Kier alpha value is -0.260. The van der Waals surface area contributed by atoms with E-state index >= 15 is 0 Å². The van der Waals surface area contributed by atoms with Gasteiger partial charge in [-0.2, -0.15) is 5.26 Å². The summed E-state index contributed by atoms with van der Waals surface area (Å²) in [6, 6.07) is 2.24. The summed E-state index contributed by atoms with van der Waals surface area (Å²) in [7, 11) is 0. The molecule has 0 spiro atoms. The van der Waals surface area contributed by atoms with Crippen LogP contribution in [0.5, 0.6) is 0 Å². The standard InChI is InChI=1S/C6H10N2.ClH/c7-4-6(5-8)2-1-3-6;/h1-4,7H2;1H. The molecule has 3 heteroatoms. The molecule has 52 valence electrons.